The molecule has 0 aliphatic heterocycles. The van der Waals surface area contributed by atoms with Gasteiger partial charge in [-0.3, -0.25) is 14.4 Å². The minimum atomic E-state index is -0.758. The Hall–Kier alpha value is -10.6. The number of ether oxygens (including phenoxy) is 7. The maximum atomic E-state index is 13.7. The summed E-state index contributed by atoms with van der Waals surface area (Å²) in [5, 5.41) is 6.81. The number of halogens is 1. The molecule has 3 saturated carbocycles. The molecule has 0 unspecified atom stereocenters. The van der Waals surface area contributed by atoms with E-state index in [1.54, 1.807) is 52.9 Å². The molecule has 0 spiro atoms. The third-order valence-electron chi connectivity index (χ3n) is 19.6. The number of esters is 3. The molecule has 31 heteroatoms. The summed E-state index contributed by atoms with van der Waals surface area (Å²) in [6.07, 6.45) is 22.6. The number of aromatic nitrogens is 12. The molecular weight excluding hydrogens is 1570 g/mol. The molecule has 3 fully saturated rings. The molecule has 3 amide bonds. The summed E-state index contributed by atoms with van der Waals surface area (Å²) in [5.74, 6) is 2.09. The predicted octanol–water partition coefficient (Wildman–Crippen LogP) is 18.8. The van der Waals surface area contributed by atoms with Crippen molar-refractivity contribution in [2.75, 3.05) is 51.7 Å². The van der Waals surface area contributed by atoms with Gasteiger partial charge in [-0.1, -0.05) is 142 Å². The van der Waals surface area contributed by atoms with Crippen molar-refractivity contribution in [3.63, 3.8) is 0 Å². The Morgan fingerprint density at radius 1 is 0.483 bits per heavy atom. The van der Waals surface area contributed by atoms with Crippen molar-refractivity contribution in [3.05, 3.63) is 119 Å². The minimum absolute atomic E-state index is 0.0375. The van der Waals surface area contributed by atoms with E-state index in [9.17, 15) is 28.8 Å². The molecule has 0 radical (unpaired) electrons. The molecule has 0 saturated heterocycles. The third kappa shape index (κ3) is 26.0. The van der Waals surface area contributed by atoms with Gasteiger partial charge in [0.15, 0.2) is 45.1 Å². The maximum Gasteiger partial charge on any atom is 0.417 e. The largest absolute Gasteiger partial charge is 0.465 e. The minimum Gasteiger partial charge on any atom is -0.465 e. The number of hydrogen-bond acceptors (Lipinski definition) is 24. The third-order valence-corrected chi connectivity index (χ3v) is 20.1. The number of carbonyl (C=O) groups is 6. The first-order chi connectivity index (χ1) is 56.3. The summed E-state index contributed by atoms with van der Waals surface area (Å²) in [6.45, 7) is 29.2. The topological polar surface area (TPSA) is 332 Å². The lowest BCUT2D eigenvalue weighted by Gasteiger charge is -2.27. The Kier molecular flexibility index (Phi) is 31.7. The zero-order valence-corrected chi connectivity index (χ0v) is 72.8. The molecule has 9 aromatic rings. The van der Waals surface area contributed by atoms with Gasteiger partial charge in [-0.2, -0.15) is 29.9 Å². The number of rotatable bonds is 28. The van der Waals surface area contributed by atoms with Crippen molar-refractivity contribution in [2.45, 2.75) is 286 Å². The van der Waals surface area contributed by atoms with Gasteiger partial charge in [0.05, 0.1) is 51.9 Å². The van der Waals surface area contributed by atoms with Crippen molar-refractivity contribution in [1.29, 1.82) is 0 Å². The molecule has 118 heavy (non-hydrogen) atoms. The summed E-state index contributed by atoms with van der Waals surface area (Å²) >= 11 is 3.47. The maximum absolute atomic E-state index is 13.7. The van der Waals surface area contributed by atoms with Crippen LogP contribution in [0.1, 0.15) is 247 Å². The number of hydrogen-bond donors (Lipinski definition) is 2. The summed E-state index contributed by atoms with van der Waals surface area (Å²) < 4.78 is 44.4. The number of imidazole rings is 3. The molecular formula is C87H118BrN17O13. The van der Waals surface area contributed by atoms with E-state index in [0.717, 1.165) is 60.5 Å². The summed E-state index contributed by atoms with van der Waals surface area (Å²) in [7, 11) is 0. The lowest BCUT2D eigenvalue weighted by molar-refractivity contribution is -0.144. The number of carbonyl (C=O) groups excluding carboxylic acids is 6. The monoisotopic (exact) mass is 1690 g/mol. The van der Waals surface area contributed by atoms with E-state index in [0.29, 0.717) is 69.3 Å². The van der Waals surface area contributed by atoms with Crippen LogP contribution in [-0.2, 0) is 75.5 Å². The molecule has 0 bridgehead atoms. The zero-order chi connectivity index (χ0) is 84.8. The van der Waals surface area contributed by atoms with Crippen molar-refractivity contribution in [2.24, 2.45) is 0 Å². The zero-order valence-electron chi connectivity index (χ0n) is 71.2. The standard InChI is InChI=1S/C33H38BrN5O5.C32H44N6O4.C22H36N6O4/c1-5-42-27(40)20-38-21-35-28-29(38)36-31(37-30(28)43-26-13-9-12-25(34)18-26)39(32(41)44-33(2,3)4)19-22-14-16-24(17-15-22)23-10-7-6-8-11-23;1-5-41-26(39)20-37-21-33-27-28(34-25-13-9-10-14-25)35-30(36-29(27)37)38(31(40)42-32(2,3)4)19-22-15-17-24(18-16-22)23-11-7-6-8-12-23;1-8-10-11-12-28(21(30)32-22(5,6)7)20-25-18(24-15(3)4)17-19(26-20)27(14-23-17)13-16(29)31-9-2/h9,12-18,21,23H,5-8,10-11,19-20H2,1-4H3;15-18,21,23,25H,5-14,19-20H2,1-4H3,(H,34,35,36);14-15H,8-13H2,1-7H3,(H,24,25,26). The van der Waals surface area contributed by atoms with Crippen LogP contribution in [0.4, 0.5) is 43.9 Å². The van der Waals surface area contributed by atoms with Crippen LogP contribution in [-0.4, -0.2) is 150 Å². The predicted molar refractivity (Wildman–Crippen MR) is 457 cm³/mol. The van der Waals surface area contributed by atoms with E-state index in [2.05, 4.69) is 99.8 Å². The Bertz CT molecular complexity index is 4840. The number of unbranched alkanes of at least 4 members (excludes halogenated alkanes) is 2. The highest BCUT2D eigenvalue weighted by Crippen LogP contribution is 2.38. The van der Waals surface area contributed by atoms with Gasteiger partial charge in [0.1, 0.15) is 42.2 Å². The molecule has 3 aliphatic rings. The van der Waals surface area contributed by atoms with Crippen LogP contribution in [0.3, 0.4) is 0 Å². The highest BCUT2D eigenvalue weighted by molar-refractivity contribution is 9.10. The molecule has 12 rings (SSSR count). The van der Waals surface area contributed by atoms with Gasteiger partial charge in [0.25, 0.3) is 5.88 Å². The van der Waals surface area contributed by atoms with E-state index >= 15 is 0 Å². The average molecular weight is 1690 g/mol. The quantitative estimate of drug-likeness (QED) is 0.0261. The van der Waals surface area contributed by atoms with E-state index < -0.39 is 47.0 Å². The SMILES string of the molecule is CCCCCN(C(=O)OC(C)(C)C)c1nc(NC(C)C)c2ncn(CC(=O)OCC)c2n1.CCOC(=O)Cn1cnc2c(NC3CCCC3)nc(N(Cc3ccc(C4CCCCC4)cc3)C(=O)OC(C)(C)C)nc21.CCOC(=O)Cn1cnc2c(Oc3cccc(Br)c3)nc(N(Cc3ccc(C4CCCCC4)cc3)C(=O)OC(C)(C)C)nc21. The molecule has 3 aliphatic carbocycles. The lowest BCUT2D eigenvalue weighted by atomic mass is 9.84. The average Bonchev–Trinajstić information content (AvgIpc) is 1.60. The molecule has 30 nitrogen and oxygen atoms in total. The normalized spacial score (nSPS) is 14.2. The van der Waals surface area contributed by atoms with Gasteiger partial charge in [-0.25, -0.2) is 44.0 Å². The molecule has 0 atom stereocenters. The van der Waals surface area contributed by atoms with E-state index in [1.807, 2.05) is 100 Å². The first-order valence-electron chi connectivity index (χ1n) is 41.7. The Labute approximate surface area is 700 Å². The van der Waals surface area contributed by atoms with E-state index in [1.165, 1.54) is 103 Å². The van der Waals surface area contributed by atoms with Crippen LogP contribution in [0.5, 0.6) is 11.6 Å². The van der Waals surface area contributed by atoms with Gasteiger partial charge in [-0.15, -0.1) is 0 Å². The molecule has 6 heterocycles. The number of benzene rings is 3. The lowest BCUT2D eigenvalue weighted by Crippen LogP contribution is -2.38. The van der Waals surface area contributed by atoms with Gasteiger partial charge >= 0.3 is 36.2 Å². The van der Waals surface area contributed by atoms with Crippen LogP contribution in [0, 0.1) is 0 Å². The second kappa shape index (κ2) is 41.7. The Balaban J connectivity index is 0.000000189. The number of amides is 3. The van der Waals surface area contributed by atoms with Crippen molar-refractivity contribution in [1.82, 2.24) is 58.6 Å². The van der Waals surface area contributed by atoms with E-state index in [4.69, 9.17) is 48.1 Å². The molecule has 6 aromatic heterocycles. The Morgan fingerprint density at radius 3 is 1.31 bits per heavy atom. The van der Waals surface area contributed by atoms with Crippen LogP contribution in [0.25, 0.3) is 33.5 Å². The van der Waals surface area contributed by atoms with Gasteiger partial charge < -0.3 is 57.5 Å². The molecule has 636 valence electrons. The fourth-order valence-electron chi connectivity index (χ4n) is 14.2. The summed E-state index contributed by atoms with van der Waals surface area (Å²) in [4.78, 5) is 123. The van der Waals surface area contributed by atoms with Crippen molar-refractivity contribution >= 4 is 115 Å². The smallest absolute Gasteiger partial charge is 0.417 e. The van der Waals surface area contributed by atoms with Crippen LogP contribution < -0.4 is 30.1 Å². The fourth-order valence-corrected chi connectivity index (χ4v) is 14.6. The molecule has 3 aromatic carbocycles. The van der Waals surface area contributed by atoms with Crippen LogP contribution in [0.2, 0.25) is 0 Å². The summed E-state index contributed by atoms with van der Waals surface area (Å²) in [5.41, 5.74) is 5.01. The highest BCUT2D eigenvalue weighted by atomic mass is 79.9. The van der Waals surface area contributed by atoms with Gasteiger partial charge in [0, 0.05) is 23.1 Å². The molecule has 2 N–H and O–H groups in total. The first-order valence-corrected chi connectivity index (χ1v) is 42.5. The number of nitrogens with zero attached hydrogens (tertiary/aromatic N) is 15. The summed E-state index contributed by atoms with van der Waals surface area (Å²) in [6, 6.07) is 24.6. The van der Waals surface area contributed by atoms with Crippen LogP contribution in [0.15, 0.2) is 96.3 Å². The first kappa shape index (κ1) is 89.7. The fraction of sp³-hybridized carbons (Fsp3) is 0.552. The number of nitrogens with one attached hydrogen (secondary N) is 2. The van der Waals surface area contributed by atoms with Gasteiger partial charge in [0.2, 0.25) is 17.8 Å². The second-order valence-electron chi connectivity index (χ2n) is 33.2. The van der Waals surface area contributed by atoms with Crippen LogP contribution >= 0.6 is 15.9 Å². The van der Waals surface area contributed by atoms with Crippen molar-refractivity contribution in [3.8, 4) is 11.6 Å². The van der Waals surface area contributed by atoms with Gasteiger partial charge in [-0.05, 0) is 194 Å². The van der Waals surface area contributed by atoms with E-state index in [-0.39, 0.29) is 94.3 Å². The van der Waals surface area contributed by atoms with Crippen molar-refractivity contribution < 1.29 is 61.9 Å². The second-order valence-corrected chi connectivity index (χ2v) is 34.1. The number of anilines is 5. The highest BCUT2D eigenvalue weighted by Gasteiger charge is 2.34. The Morgan fingerprint density at radius 2 is 0.881 bits per heavy atom. The number of fused-ring (bicyclic) bond motifs is 3.